The van der Waals surface area contributed by atoms with Crippen molar-refractivity contribution in [2.45, 2.75) is 32.1 Å². The number of benzene rings is 6. The van der Waals surface area contributed by atoms with Gasteiger partial charge in [-0.15, -0.1) is 0 Å². The van der Waals surface area contributed by atoms with Crippen LogP contribution in [0.15, 0.2) is 121 Å². The zero-order chi connectivity index (χ0) is 27.5. The van der Waals surface area contributed by atoms with E-state index >= 15 is 0 Å². The van der Waals surface area contributed by atoms with Gasteiger partial charge in [-0.1, -0.05) is 133 Å². The fraction of sp³-hybridized carbons (Fsp3) is 0.122. The van der Waals surface area contributed by atoms with E-state index in [9.17, 15) is 0 Å². The summed E-state index contributed by atoms with van der Waals surface area (Å²) in [6.07, 6.45) is 5.97. The average molecular weight is 525 g/mol. The van der Waals surface area contributed by atoms with Crippen LogP contribution >= 0.6 is 0 Å². The summed E-state index contributed by atoms with van der Waals surface area (Å²) in [5, 5.41) is 5.32. The molecule has 0 heterocycles. The van der Waals surface area contributed by atoms with E-state index in [1.165, 1.54) is 77.2 Å². The highest BCUT2D eigenvalue weighted by Gasteiger charge is 2.34. The van der Waals surface area contributed by atoms with E-state index in [1.54, 1.807) is 0 Å². The molecule has 0 saturated heterocycles. The molecule has 0 radical (unpaired) electrons. The van der Waals surface area contributed by atoms with Gasteiger partial charge in [0.15, 0.2) is 0 Å². The topological polar surface area (TPSA) is 0 Å². The van der Waals surface area contributed by atoms with Crippen LogP contribution in [0.1, 0.15) is 62.8 Å². The lowest BCUT2D eigenvalue weighted by atomic mass is 9.77. The summed E-state index contributed by atoms with van der Waals surface area (Å²) in [5.41, 5.74) is 13.9. The van der Waals surface area contributed by atoms with Crippen LogP contribution in [0, 0.1) is 13.8 Å². The van der Waals surface area contributed by atoms with Crippen molar-refractivity contribution in [2.75, 3.05) is 0 Å². The number of hydrogen-bond acceptors (Lipinski definition) is 0. The van der Waals surface area contributed by atoms with Crippen molar-refractivity contribution in [2.24, 2.45) is 0 Å². The molecular weight excluding hydrogens is 492 g/mol. The second-order valence-corrected chi connectivity index (χ2v) is 11.9. The minimum atomic E-state index is 0.312. The maximum Gasteiger partial charge on any atom is 0.0111 e. The van der Waals surface area contributed by atoms with Crippen LogP contribution in [-0.2, 0) is 0 Å². The Kier molecular flexibility index (Phi) is 5.57. The van der Waals surface area contributed by atoms with Crippen LogP contribution in [-0.4, -0.2) is 0 Å². The van der Waals surface area contributed by atoms with E-state index in [0.29, 0.717) is 11.8 Å². The van der Waals surface area contributed by atoms with Crippen molar-refractivity contribution in [1.29, 1.82) is 0 Å². The van der Waals surface area contributed by atoms with Gasteiger partial charge in [0.2, 0.25) is 0 Å². The monoisotopic (exact) mass is 524 g/mol. The number of rotatable bonds is 4. The normalized spacial score (nSPS) is 17.4. The van der Waals surface area contributed by atoms with Crippen LogP contribution in [0.4, 0.5) is 0 Å². The van der Waals surface area contributed by atoms with Crippen molar-refractivity contribution < 1.29 is 0 Å². The highest BCUT2D eigenvalue weighted by atomic mass is 14.4. The smallest absolute Gasteiger partial charge is 0.0111 e. The first-order valence-electron chi connectivity index (χ1n) is 14.7. The second-order valence-electron chi connectivity index (χ2n) is 11.9. The predicted octanol–water partition coefficient (Wildman–Crippen LogP) is 11.0. The number of hydrogen-bond donors (Lipinski definition) is 0. The molecule has 6 aromatic carbocycles. The molecule has 2 unspecified atom stereocenters. The van der Waals surface area contributed by atoms with Crippen LogP contribution in [0.25, 0.3) is 44.8 Å². The third-order valence-electron chi connectivity index (χ3n) is 9.22. The van der Waals surface area contributed by atoms with Gasteiger partial charge >= 0.3 is 0 Å². The SMILES string of the molecule is Cc1cc(C2=Cc3ccccc3C2CC2C(c3cc(C)cc4ccccc34)=Cc3ccccc32)c2ccccc2c1. The summed E-state index contributed by atoms with van der Waals surface area (Å²) in [6.45, 7) is 4.45. The molecule has 0 amide bonds. The third-order valence-corrected chi connectivity index (χ3v) is 9.22. The predicted molar refractivity (Wildman–Crippen MR) is 176 cm³/mol. The summed E-state index contributed by atoms with van der Waals surface area (Å²) >= 11 is 0. The molecule has 0 fully saturated rings. The molecule has 0 N–H and O–H groups in total. The zero-order valence-electron chi connectivity index (χ0n) is 23.6. The van der Waals surface area contributed by atoms with Crippen LogP contribution in [0.3, 0.4) is 0 Å². The summed E-state index contributed by atoms with van der Waals surface area (Å²) < 4.78 is 0. The zero-order valence-corrected chi connectivity index (χ0v) is 23.6. The molecule has 0 spiro atoms. The van der Waals surface area contributed by atoms with Gasteiger partial charge in [0.25, 0.3) is 0 Å². The van der Waals surface area contributed by atoms with Gasteiger partial charge < -0.3 is 0 Å². The van der Waals surface area contributed by atoms with E-state index in [-0.39, 0.29) is 0 Å². The Morgan fingerprint density at radius 1 is 0.463 bits per heavy atom. The van der Waals surface area contributed by atoms with E-state index in [2.05, 4.69) is 147 Å². The number of allylic oxidation sites excluding steroid dienone is 2. The number of fused-ring (bicyclic) bond motifs is 4. The molecule has 0 aromatic heterocycles. The molecule has 0 bridgehead atoms. The second kappa shape index (κ2) is 9.46. The van der Waals surface area contributed by atoms with Gasteiger partial charge in [0.05, 0.1) is 0 Å². The van der Waals surface area contributed by atoms with Crippen LogP contribution in [0.2, 0.25) is 0 Å². The first-order valence-corrected chi connectivity index (χ1v) is 14.7. The fourth-order valence-electron chi connectivity index (χ4n) is 7.46. The largest absolute Gasteiger partial charge is 0.0619 e. The first-order chi connectivity index (χ1) is 20.1. The van der Waals surface area contributed by atoms with Crippen molar-refractivity contribution in [1.82, 2.24) is 0 Å². The molecule has 8 rings (SSSR count). The lowest BCUT2D eigenvalue weighted by Gasteiger charge is -2.26. The maximum absolute atomic E-state index is 2.47. The quantitative estimate of drug-likeness (QED) is 0.215. The van der Waals surface area contributed by atoms with E-state index in [0.717, 1.165) is 6.42 Å². The maximum atomic E-state index is 2.47. The van der Waals surface area contributed by atoms with E-state index in [1.807, 2.05) is 0 Å². The molecule has 2 atom stereocenters. The molecule has 0 nitrogen and oxygen atoms in total. The van der Waals surface area contributed by atoms with Gasteiger partial charge in [-0.3, -0.25) is 0 Å². The molecule has 2 aliphatic rings. The van der Waals surface area contributed by atoms with Crippen molar-refractivity contribution in [3.8, 4) is 0 Å². The Hall–Kier alpha value is -4.68. The Labute approximate surface area is 242 Å². The molecular formula is C41H32. The minimum absolute atomic E-state index is 0.312. The Bertz CT molecular complexity index is 1900. The molecule has 41 heavy (non-hydrogen) atoms. The van der Waals surface area contributed by atoms with Crippen molar-refractivity contribution in [3.63, 3.8) is 0 Å². The summed E-state index contributed by atoms with van der Waals surface area (Å²) in [4.78, 5) is 0. The van der Waals surface area contributed by atoms with Gasteiger partial charge in [0, 0.05) is 11.8 Å². The minimum Gasteiger partial charge on any atom is -0.0619 e. The number of aryl methyl sites for hydroxylation is 2. The van der Waals surface area contributed by atoms with E-state index in [4.69, 9.17) is 0 Å². The van der Waals surface area contributed by atoms with Crippen LogP contribution < -0.4 is 0 Å². The molecule has 0 heteroatoms. The van der Waals surface area contributed by atoms with Gasteiger partial charge in [-0.2, -0.15) is 0 Å². The van der Waals surface area contributed by atoms with Gasteiger partial charge in [-0.25, -0.2) is 0 Å². The average Bonchev–Trinajstić information content (AvgIpc) is 3.55. The van der Waals surface area contributed by atoms with Gasteiger partial charge in [-0.05, 0) is 97.5 Å². The Balaban J connectivity index is 1.30. The molecule has 6 aromatic rings. The molecule has 2 aliphatic carbocycles. The van der Waals surface area contributed by atoms with Crippen LogP contribution in [0.5, 0.6) is 0 Å². The standard InChI is InChI=1S/C41H32/c1-26-19-28-11-3-7-15-32(28)36(21-26)38-23-30-13-5-9-17-34(30)40(38)25-41-35-18-10-6-14-31(35)24-39(41)37-22-27(2)20-29-12-4-8-16-33(29)37/h3-24,40-41H,25H2,1-2H3. The highest BCUT2D eigenvalue weighted by Crippen LogP contribution is 2.54. The fourth-order valence-corrected chi connectivity index (χ4v) is 7.46. The Morgan fingerprint density at radius 3 is 1.37 bits per heavy atom. The highest BCUT2D eigenvalue weighted by molar-refractivity contribution is 6.04. The Morgan fingerprint density at radius 2 is 0.878 bits per heavy atom. The van der Waals surface area contributed by atoms with Crippen molar-refractivity contribution >= 4 is 44.8 Å². The third kappa shape index (κ3) is 3.98. The molecule has 0 aliphatic heterocycles. The first kappa shape index (κ1) is 24.1. The van der Waals surface area contributed by atoms with Crippen molar-refractivity contribution in [3.05, 3.63) is 166 Å². The summed E-state index contributed by atoms with van der Waals surface area (Å²) in [5.74, 6) is 0.624. The van der Waals surface area contributed by atoms with Gasteiger partial charge in [0.1, 0.15) is 0 Å². The van der Waals surface area contributed by atoms with E-state index < -0.39 is 0 Å². The summed E-state index contributed by atoms with van der Waals surface area (Å²) in [7, 11) is 0. The lowest BCUT2D eigenvalue weighted by molar-refractivity contribution is 0.707. The lowest BCUT2D eigenvalue weighted by Crippen LogP contribution is -2.08. The molecule has 196 valence electrons. The summed E-state index contributed by atoms with van der Waals surface area (Å²) in [6, 6.07) is 45.3. The molecule has 0 saturated carbocycles.